The Bertz CT molecular complexity index is 1120. The predicted molar refractivity (Wildman–Crippen MR) is 103 cm³/mol. The van der Waals surface area contributed by atoms with Crippen molar-refractivity contribution in [1.29, 1.82) is 0 Å². The first-order valence-corrected chi connectivity index (χ1v) is 8.82. The average Bonchev–Trinajstić information content (AvgIpc) is 3.32. The summed E-state index contributed by atoms with van der Waals surface area (Å²) in [7, 11) is 3.01. The maximum Gasteiger partial charge on any atom is 0.322 e. The molecule has 1 aromatic heterocycles. The Morgan fingerprint density at radius 3 is 2.33 bits per heavy atom. The minimum atomic E-state index is -0.655. The van der Waals surface area contributed by atoms with Gasteiger partial charge >= 0.3 is 6.01 Å². The Morgan fingerprint density at radius 2 is 1.70 bits per heavy atom. The Hall–Kier alpha value is -4.21. The van der Waals surface area contributed by atoms with Crippen LogP contribution in [-0.2, 0) is 4.79 Å². The molecule has 1 aliphatic rings. The Morgan fingerprint density at radius 1 is 1.00 bits per heavy atom. The number of hydrogen-bond acceptors (Lipinski definition) is 8. The first-order valence-electron chi connectivity index (χ1n) is 8.82. The van der Waals surface area contributed by atoms with Crippen LogP contribution in [0.15, 0.2) is 46.9 Å². The first kappa shape index (κ1) is 19.1. The van der Waals surface area contributed by atoms with E-state index < -0.39 is 24.3 Å². The van der Waals surface area contributed by atoms with E-state index in [1.807, 2.05) is 0 Å². The van der Waals surface area contributed by atoms with Crippen molar-refractivity contribution in [2.45, 2.75) is 0 Å². The molecule has 3 aromatic rings. The van der Waals surface area contributed by atoms with E-state index in [1.165, 1.54) is 14.2 Å². The van der Waals surface area contributed by atoms with Crippen molar-refractivity contribution in [3.63, 3.8) is 0 Å². The van der Waals surface area contributed by atoms with Gasteiger partial charge in [0.1, 0.15) is 18.0 Å². The van der Waals surface area contributed by atoms with Gasteiger partial charge in [0.25, 0.3) is 17.7 Å². The number of carbonyl (C=O) groups excluding carboxylic acids is 3. The number of nitrogens with zero attached hydrogens (tertiary/aromatic N) is 3. The fraction of sp³-hybridized carbons (Fsp3) is 0.150. The summed E-state index contributed by atoms with van der Waals surface area (Å²) in [6, 6.07) is 11.2. The van der Waals surface area contributed by atoms with Gasteiger partial charge in [-0.15, -0.1) is 5.10 Å². The van der Waals surface area contributed by atoms with E-state index in [0.717, 1.165) is 4.90 Å². The van der Waals surface area contributed by atoms with E-state index in [-0.39, 0.29) is 23.0 Å². The van der Waals surface area contributed by atoms with Crippen LogP contribution in [0.1, 0.15) is 20.7 Å². The van der Waals surface area contributed by atoms with E-state index in [2.05, 4.69) is 15.5 Å². The molecule has 0 unspecified atom stereocenters. The van der Waals surface area contributed by atoms with Crippen LogP contribution in [-0.4, -0.2) is 53.6 Å². The minimum Gasteiger partial charge on any atom is -0.497 e. The third-order valence-corrected chi connectivity index (χ3v) is 4.49. The lowest BCUT2D eigenvalue weighted by Gasteiger charge is -2.12. The molecule has 0 saturated heterocycles. The zero-order chi connectivity index (χ0) is 21.3. The molecule has 0 atom stereocenters. The number of carbonyl (C=O) groups is 3. The Labute approximate surface area is 170 Å². The van der Waals surface area contributed by atoms with Gasteiger partial charge in [-0.2, -0.15) is 0 Å². The number of aromatic nitrogens is 2. The van der Waals surface area contributed by atoms with Crippen molar-refractivity contribution in [2.75, 3.05) is 26.1 Å². The topological polar surface area (TPSA) is 124 Å². The number of fused-ring (bicyclic) bond motifs is 1. The fourth-order valence-corrected chi connectivity index (χ4v) is 3.05. The lowest BCUT2D eigenvalue weighted by atomic mass is 10.1. The highest BCUT2D eigenvalue weighted by atomic mass is 16.5. The molecule has 1 N–H and O–H groups in total. The molecule has 30 heavy (non-hydrogen) atoms. The zero-order valence-electron chi connectivity index (χ0n) is 16.0. The molecule has 152 valence electrons. The number of ether oxygens (including phenoxy) is 2. The monoisotopic (exact) mass is 408 g/mol. The van der Waals surface area contributed by atoms with Crippen LogP contribution in [0, 0.1) is 0 Å². The number of rotatable bonds is 6. The summed E-state index contributed by atoms with van der Waals surface area (Å²) in [6.45, 7) is -0.480. The quantitative estimate of drug-likeness (QED) is 0.614. The molecule has 0 saturated carbocycles. The number of imide groups is 1. The normalized spacial score (nSPS) is 12.7. The lowest BCUT2D eigenvalue weighted by molar-refractivity contribution is -0.116. The molecule has 0 fully saturated rings. The van der Waals surface area contributed by atoms with Gasteiger partial charge in [0.15, 0.2) is 0 Å². The third kappa shape index (κ3) is 3.34. The van der Waals surface area contributed by atoms with E-state index in [4.69, 9.17) is 13.9 Å². The van der Waals surface area contributed by atoms with Crippen molar-refractivity contribution >= 4 is 23.7 Å². The number of benzene rings is 2. The molecule has 1 aliphatic heterocycles. The molecule has 0 aliphatic carbocycles. The van der Waals surface area contributed by atoms with Crippen LogP contribution in [0.3, 0.4) is 0 Å². The highest BCUT2D eigenvalue weighted by Gasteiger charge is 2.36. The Balaban J connectivity index is 1.48. The van der Waals surface area contributed by atoms with Crippen molar-refractivity contribution in [2.24, 2.45) is 0 Å². The highest BCUT2D eigenvalue weighted by molar-refractivity contribution is 6.22. The van der Waals surface area contributed by atoms with Crippen LogP contribution in [0.25, 0.3) is 11.5 Å². The fourth-order valence-electron chi connectivity index (χ4n) is 3.05. The van der Waals surface area contributed by atoms with Crippen LogP contribution < -0.4 is 14.8 Å². The van der Waals surface area contributed by atoms with E-state index in [1.54, 1.807) is 42.5 Å². The number of nitrogens with one attached hydrogen (secondary N) is 1. The number of hydrogen-bond donors (Lipinski definition) is 1. The summed E-state index contributed by atoms with van der Waals surface area (Å²) in [5.74, 6) is -0.584. The van der Waals surface area contributed by atoms with Gasteiger partial charge in [0, 0.05) is 0 Å². The van der Waals surface area contributed by atoms with Crippen molar-refractivity contribution in [1.82, 2.24) is 15.1 Å². The third-order valence-electron chi connectivity index (χ3n) is 4.49. The van der Waals surface area contributed by atoms with Crippen molar-refractivity contribution in [3.05, 3.63) is 53.6 Å². The number of anilines is 1. The summed E-state index contributed by atoms with van der Waals surface area (Å²) in [5, 5.41) is 10.1. The van der Waals surface area contributed by atoms with Gasteiger partial charge in [-0.05, 0) is 30.3 Å². The maximum atomic E-state index is 12.4. The molecule has 10 heteroatoms. The highest BCUT2D eigenvalue weighted by Crippen LogP contribution is 2.33. The van der Waals surface area contributed by atoms with Gasteiger partial charge in [0.05, 0.1) is 30.9 Å². The van der Waals surface area contributed by atoms with Crippen molar-refractivity contribution < 1.29 is 28.3 Å². The molecule has 2 aromatic carbocycles. The second kappa shape index (κ2) is 7.66. The molecule has 0 bridgehead atoms. The molecule has 3 amide bonds. The van der Waals surface area contributed by atoms with Crippen LogP contribution in [0.2, 0.25) is 0 Å². The van der Waals surface area contributed by atoms with E-state index in [0.29, 0.717) is 17.1 Å². The number of methoxy groups -OCH3 is 2. The molecule has 2 heterocycles. The van der Waals surface area contributed by atoms with Crippen LogP contribution >= 0.6 is 0 Å². The summed E-state index contributed by atoms with van der Waals surface area (Å²) in [6.07, 6.45) is 0. The van der Waals surface area contributed by atoms with Crippen LogP contribution in [0.5, 0.6) is 11.5 Å². The van der Waals surface area contributed by atoms with E-state index >= 15 is 0 Å². The SMILES string of the molecule is COc1ccc(OC)c(-c2nnc(NC(=O)CN3C(=O)c4ccccc4C3=O)o2)c1. The standard InChI is InChI=1S/C20H16N4O6/c1-28-11-7-8-15(29-2)14(9-11)17-22-23-20(30-17)21-16(25)10-24-18(26)12-5-3-4-6-13(12)19(24)27/h3-9H,10H2,1-2H3,(H,21,23,25). The van der Waals surface area contributed by atoms with Gasteiger partial charge in [-0.1, -0.05) is 17.2 Å². The maximum absolute atomic E-state index is 12.4. The van der Waals surface area contributed by atoms with E-state index in [9.17, 15) is 14.4 Å². The zero-order valence-corrected chi connectivity index (χ0v) is 16.0. The van der Waals surface area contributed by atoms with Crippen molar-refractivity contribution in [3.8, 4) is 23.0 Å². The smallest absolute Gasteiger partial charge is 0.322 e. The first-order chi connectivity index (χ1) is 14.5. The Kier molecular flexibility index (Phi) is 4.88. The largest absolute Gasteiger partial charge is 0.497 e. The summed E-state index contributed by atoms with van der Waals surface area (Å²) in [4.78, 5) is 37.9. The molecular formula is C20H16N4O6. The predicted octanol–water partition coefficient (Wildman–Crippen LogP) is 1.99. The molecule has 4 rings (SSSR count). The van der Waals surface area contributed by atoms with Gasteiger partial charge in [0.2, 0.25) is 5.91 Å². The minimum absolute atomic E-state index is 0.0989. The van der Waals surface area contributed by atoms with Gasteiger partial charge in [-0.3, -0.25) is 24.6 Å². The van der Waals surface area contributed by atoms with Crippen LogP contribution in [0.4, 0.5) is 6.01 Å². The second-order valence-electron chi connectivity index (χ2n) is 6.27. The average molecular weight is 408 g/mol. The molecular weight excluding hydrogens is 392 g/mol. The summed E-state index contributed by atoms with van der Waals surface area (Å²) in [5.41, 5.74) is 1.01. The molecule has 0 spiro atoms. The second-order valence-corrected chi connectivity index (χ2v) is 6.27. The summed E-state index contributed by atoms with van der Waals surface area (Å²) < 4.78 is 15.9. The summed E-state index contributed by atoms with van der Waals surface area (Å²) >= 11 is 0. The molecule has 0 radical (unpaired) electrons. The molecule has 10 nitrogen and oxygen atoms in total. The van der Waals surface area contributed by atoms with Gasteiger partial charge < -0.3 is 13.9 Å². The lowest BCUT2D eigenvalue weighted by Crippen LogP contribution is -2.37. The van der Waals surface area contributed by atoms with Gasteiger partial charge in [-0.25, -0.2) is 0 Å². The number of amides is 3.